The van der Waals surface area contributed by atoms with Crippen LogP contribution in [0.25, 0.3) is 0 Å². The minimum atomic E-state index is -3.82. The molecule has 3 rings (SSSR count). The van der Waals surface area contributed by atoms with Crippen molar-refractivity contribution < 1.29 is 17.9 Å². The average Bonchev–Trinajstić information content (AvgIpc) is 2.78. The Labute approximate surface area is 177 Å². The fraction of sp³-hybridized carbons (Fsp3) is 0.174. The molecule has 0 atom stereocenters. The van der Waals surface area contributed by atoms with E-state index in [1.54, 1.807) is 49.6 Å². The van der Waals surface area contributed by atoms with Gasteiger partial charge in [0, 0.05) is 18.3 Å². The van der Waals surface area contributed by atoms with Crippen molar-refractivity contribution in [2.75, 3.05) is 25.5 Å². The number of sulfonamides is 1. The van der Waals surface area contributed by atoms with Crippen LogP contribution in [-0.2, 0) is 21.2 Å². The summed E-state index contributed by atoms with van der Waals surface area (Å²) in [5.74, 6) is 0.182. The van der Waals surface area contributed by atoms with E-state index >= 15 is 0 Å². The van der Waals surface area contributed by atoms with Crippen LogP contribution in [0.2, 0.25) is 0 Å². The number of nitrogens with zero attached hydrogens (tertiary/aromatic N) is 1. The highest BCUT2D eigenvalue weighted by molar-refractivity contribution is 7.89. The van der Waals surface area contributed by atoms with Crippen LogP contribution in [0.15, 0.2) is 89.8 Å². The van der Waals surface area contributed by atoms with Gasteiger partial charge in [0.15, 0.2) is 0 Å². The van der Waals surface area contributed by atoms with E-state index in [1.807, 2.05) is 30.3 Å². The van der Waals surface area contributed by atoms with Crippen molar-refractivity contribution in [1.29, 1.82) is 0 Å². The number of anilines is 1. The van der Waals surface area contributed by atoms with Gasteiger partial charge in [-0.25, -0.2) is 8.42 Å². The Kier molecular flexibility index (Phi) is 7.21. The zero-order chi connectivity index (χ0) is 21.4. The summed E-state index contributed by atoms with van der Waals surface area (Å²) in [6.45, 7) is -0.103. The Bertz CT molecular complexity index is 1070. The highest BCUT2D eigenvalue weighted by Crippen LogP contribution is 2.19. The van der Waals surface area contributed by atoms with Gasteiger partial charge in [-0.15, -0.1) is 0 Å². The number of hydrogen-bond donors (Lipinski definition) is 1. The van der Waals surface area contributed by atoms with E-state index in [9.17, 15) is 13.2 Å². The van der Waals surface area contributed by atoms with Crippen LogP contribution < -0.4 is 10.1 Å². The molecule has 0 spiro atoms. The number of hydrogen-bond acceptors (Lipinski definition) is 4. The van der Waals surface area contributed by atoms with E-state index in [2.05, 4.69) is 5.32 Å². The third-order valence-corrected chi connectivity index (χ3v) is 6.41. The van der Waals surface area contributed by atoms with Crippen LogP contribution in [0, 0.1) is 0 Å². The smallest absolute Gasteiger partial charge is 0.243 e. The number of rotatable bonds is 9. The van der Waals surface area contributed by atoms with E-state index in [1.165, 1.54) is 16.4 Å². The van der Waals surface area contributed by atoms with Gasteiger partial charge >= 0.3 is 0 Å². The first-order valence-corrected chi connectivity index (χ1v) is 11.0. The maximum atomic E-state index is 13.2. The fourth-order valence-electron chi connectivity index (χ4n) is 2.99. The lowest BCUT2D eigenvalue weighted by molar-refractivity contribution is -0.116. The lowest BCUT2D eigenvalue weighted by Gasteiger charge is -2.22. The van der Waals surface area contributed by atoms with Gasteiger partial charge in [-0.3, -0.25) is 4.79 Å². The van der Waals surface area contributed by atoms with Crippen molar-refractivity contribution in [3.63, 3.8) is 0 Å². The topological polar surface area (TPSA) is 75.7 Å². The lowest BCUT2D eigenvalue weighted by Crippen LogP contribution is -2.39. The van der Waals surface area contributed by atoms with Gasteiger partial charge in [-0.1, -0.05) is 54.6 Å². The van der Waals surface area contributed by atoms with Crippen LogP contribution in [0.1, 0.15) is 5.56 Å². The molecular weight excluding hydrogens is 400 g/mol. The first-order valence-electron chi connectivity index (χ1n) is 9.52. The first-order chi connectivity index (χ1) is 14.5. The zero-order valence-electron chi connectivity index (χ0n) is 16.7. The van der Waals surface area contributed by atoms with Gasteiger partial charge in [0.2, 0.25) is 15.9 Å². The van der Waals surface area contributed by atoms with E-state index in [4.69, 9.17) is 4.74 Å². The predicted octanol–water partition coefficient (Wildman–Crippen LogP) is 3.57. The van der Waals surface area contributed by atoms with Crippen molar-refractivity contribution in [2.24, 2.45) is 0 Å². The summed E-state index contributed by atoms with van der Waals surface area (Å²) >= 11 is 0. The Balaban J connectivity index is 1.78. The number of benzene rings is 3. The molecule has 0 aliphatic carbocycles. The van der Waals surface area contributed by atoms with Gasteiger partial charge in [-0.05, 0) is 36.2 Å². The van der Waals surface area contributed by atoms with Crippen LogP contribution in [0.5, 0.6) is 5.75 Å². The molecule has 0 unspecified atom stereocenters. The molecule has 156 valence electrons. The van der Waals surface area contributed by atoms with Crippen LogP contribution in [0.3, 0.4) is 0 Å². The van der Waals surface area contributed by atoms with Gasteiger partial charge in [0.25, 0.3) is 0 Å². The van der Waals surface area contributed by atoms with E-state index in [0.717, 1.165) is 5.56 Å². The Hall–Kier alpha value is -3.16. The van der Waals surface area contributed by atoms with E-state index < -0.39 is 15.9 Å². The maximum absolute atomic E-state index is 13.2. The summed E-state index contributed by atoms with van der Waals surface area (Å²) in [4.78, 5) is 12.8. The number of ether oxygens (including phenoxy) is 1. The van der Waals surface area contributed by atoms with Gasteiger partial charge in [-0.2, -0.15) is 4.31 Å². The van der Waals surface area contributed by atoms with Crippen molar-refractivity contribution in [3.8, 4) is 5.75 Å². The van der Waals surface area contributed by atoms with Crippen molar-refractivity contribution in [1.82, 2.24) is 4.31 Å². The molecule has 0 aliphatic heterocycles. The summed E-state index contributed by atoms with van der Waals surface area (Å²) < 4.78 is 32.7. The molecular formula is C23H24N2O4S. The molecule has 0 fully saturated rings. The number of nitrogens with one attached hydrogen (secondary N) is 1. The largest absolute Gasteiger partial charge is 0.497 e. The molecule has 3 aromatic rings. The quantitative estimate of drug-likeness (QED) is 0.570. The second kappa shape index (κ2) is 10.0. The SMILES string of the molecule is COc1cccc(NC(=O)CN(CCc2ccccc2)S(=O)(=O)c2ccccc2)c1. The molecule has 0 aromatic heterocycles. The average molecular weight is 425 g/mol. The lowest BCUT2D eigenvalue weighted by atomic mass is 10.1. The standard InChI is InChI=1S/C23H24N2O4S/c1-29-21-12-8-11-20(17-21)24-23(26)18-25(16-15-19-9-4-2-5-10-19)30(27,28)22-13-6-3-7-14-22/h2-14,17H,15-16,18H2,1H3,(H,24,26). The number of carbonyl (C=O) groups excluding carboxylic acids is 1. The van der Waals surface area contributed by atoms with Gasteiger partial charge < -0.3 is 10.1 Å². The summed E-state index contributed by atoms with van der Waals surface area (Å²) in [6.07, 6.45) is 0.499. The molecule has 0 radical (unpaired) electrons. The van der Waals surface area contributed by atoms with Crippen molar-refractivity contribution in [3.05, 3.63) is 90.5 Å². The van der Waals surface area contributed by atoms with E-state index in [0.29, 0.717) is 17.9 Å². The monoisotopic (exact) mass is 424 g/mol. The highest BCUT2D eigenvalue weighted by Gasteiger charge is 2.26. The Morgan fingerprint density at radius 1 is 0.933 bits per heavy atom. The molecule has 0 saturated heterocycles. The van der Waals surface area contributed by atoms with Gasteiger partial charge in [0.05, 0.1) is 18.6 Å². The third-order valence-electron chi connectivity index (χ3n) is 4.55. The molecule has 0 bridgehead atoms. The summed E-state index contributed by atoms with van der Waals surface area (Å²) in [5.41, 5.74) is 1.54. The first kappa shape index (κ1) is 21.5. The van der Waals surface area contributed by atoms with Crippen LogP contribution in [-0.4, -0.2) is 38.8 Å². The highest BCUT2D eigenvalue weighted by atomic mass is 32.2. The molecule has 3 aromatic carbocycles. The molecule has 1 N–H and O–H groups in total. The van der Waals surface area contributed by atoms with Crippen LogP contribution >= 0.6 is 0 Å². The number of methoxy groups -OCH3 is 1. The molecule has 0 aliphatic rings. The molecule has 7 heteroatoms. The fourth-order valence-corrected chi connectivity index (χ4v) is 4.40. The molecule has 6 nitrogen and oxygen atoms in total. The number of amides is 1. The van der Waals surface area contributed by atoms with Gasteiger partial charge in [0.1, 0.15) is 5.75 Å². The minimum Gasteiger partial charge on any atom is -0.497 e. The Morgan fingerprint density at radius 2 is 1.60 bits per heavy atom. The predicted molar refractivity (Wildman–Crippen MR) is 117 cm³/mol. The minimum absolute atomic E-state index is 0.159. The summed E-state index contributed by atoms with van der Waals surface area (Å²) in [6, 6.07) is 24.6. The molecule has 1 amide bonds. The second-order valence-electron chi connectivity index (χ2n) is 6.67. The Morgan fingerprint density at radius 3 is 2.27 bits per heavy atom. The summed E-state index contributed by atoms with van der Waals surface area (Å²) in [7, 11) is -2.28. The number of carbonyl (C=O) groups is 1. The molecule has 0 saturated carbocycles. The maximum Gasteiger partial charge on any atom is 0.243 e. The van der Waals surface area contributed by atoms with Crippen LogP contribution in [0.4, 0.5) is 5.69 Å². The van der Waals surface area contributed by atoms with Crippen molar-refractivity contribution in [2.45, 2.75) is 11.3 Å². The van der Waals surface area contributed by atoms with E-state index in [-0.39, 0.29) is 18.0 Å². The molecule has 30 heavy (non-hydrogen) atoms. The zero-order valence-corrected chi connectivity index (χ0v) is 17.5. The third kappa shape index (κ3) is 5.68. The summed E-state index contributed by atoms with van der Waals surface area (Å²) in [5, 5.41) is 2.74. The van der Waals surface area contributed by atoms with Crippen molar-refractivity contribution >= 4 is 21.6 Å². The molecule has 0 heterocycles. The normalized spacial score (nSPS) is 11.3. The second-order valence-corrected chi connectivity index (χ2v) is 8.61.